The van der Waals surface area contributed by atoms with Crippen molar-refractivity contribution in [1.82, 2.24) is 4.90 Å². The van der Waals surface area contributed by atoms with Gasteiger partial charge in [0, 0.05) is 30.2 Å². The molecule has 0 radical (unpaired) electrons. The number of carbonyl (C=O) groups is 3. The second kappa shape index (κ2) is 8.56. The third-order valence-electron chi connectivity index (χ3n) is 4.79. The summed E-state index contributed by atoms with van der Waals surface area (Å²) in [5.74, 6) is -3.45. The number of hydrogen-bond acceptors (Lipinski definition) is 7. The summed E-state index contributed by atoms with van der Waals surface area (Å²) in [6.45, 7) is -0.0637. The highest BCUT2D eigenvalue weighted by molar-refractivity contribution is 6.46. The normalized spacial score (nSPS) is 17.9. The molecule has 2 aromatic rings. The Hall–Kier alpha value is -4.01. The largest absolute Gasteiger partial charge is 0.550 e. The maximum atomic E-state index is 12.7. The van der Waals surface area contributed by atoms with Crippen LogP contribution in [0.15, 0.2) is 60.2 Å². The first kappa shape index (κ1) is 20.7. The number of likely N-dealkylation sites (tertiary alicyclic amines) is 1. The summed E-state index contributed by atoms with van der Waals surface area (Å²) in [5.41, 5.74) is 0.382. The average Bonchev–Trinajstić information content (AvgIpc) is 2.98. The Balaban J connectivity index is 2.09. The number of aliphatic carboxylic acids is 1. The van der Waals surface area contributed by atoms with Gasteiger partial charge in [-0.3, -0.25) is 19.7 Å². The third kappa shape index (κ3) is 4.04. The number of carbonyl (C=O) groups excluding carboxylic acids is 3. The molecule has 0 spiro atoms. The zero-order chi connectivity index (χ0) is 21.8. The number of nitro benzene ring substituents is 1. The Morgan fingerprint density at radius 1 is 1.07 bits per heavy atom. The summed E-state index contributed by atoms with van der Waals surface area (Å²) < 4.78 is 0. The van der Waals surface area contributed by atoms with Gasteiger partial charge in [-0.25, -0.2) is 0 Å². The van der Waals surface area contributed by atoms with Gasteiger partial charge in [0.15, 0.2) is 0 Å². The van der Waals surface area contributed by atoms with Crippen LogP contribution in [0.4, 0.5) is 5.69 Å². The molecule has 1 saturated heterocycles. The van der Waals surface area contributed by atoms with Crippen molar-refractivity contribution in [2.24, 2.45) is 0 Å². The predicted molar refractivity (Wildman–Crippen MR) is 103 cm³/mol. The Morgan fingerprint density at radius 2 is 1.70 bits per heavy atom. The lowest BCUT2D eigenvalue weighted by atomic mass is 9.95. The molecule has 1 N–H and O–H groups in total. The van der Waals surface area contributed by atoms with Gasteiger partial charge in [-0.05, 0) is 30.5 Å². The summed E-state index contributed by atoms with van der Waals surface area (Å²) in [5, 5.41) is 32.5. The topological polar surface area (TPSA) is 141 Å². The fourth-order valence-corrected chi connectivity index (χ4v) is 3.38. The van der Waals surface area contributed by atoms with Crippen molar-refractivity contribution in [3.8, 4) is 0 Å². The molecule has 1 fully saturated rings. The van der Waals surface area contributed by atoms with Crippen molar-refractivity contribution in [1.29, 1.82) is 0 Å². The molecule has 1 aliphatic heterocycles. The molecule has 9 nitrogen and oxygen atoms in total. The highest BCUT2D eigenvalue weighted by atomic mass is 16.6. The Bertz CT molecular complexity index is 1030. The van der Waals surface area contributed by atoms with Gasteiger partial charge < -0.3 is 19.9 Å². The molecule has 0 unspecified atom stereocenters. The van der Waals surface area contributed by atoms with Crippen LogP contribution in [0.2, 0.25) is 0 Å². The van der Waals surface area contributed by atoms with E-state index >= 15 is 0 Å². The van der Waals surface area contributed by atoms with Crippen LogP contribution in [0.5, 0.6) is 0 Å². The lowest BCUT2D eigenvalue weighted by Gasteiger charge is -2.25. The summed E-state index contributed by atoms with van der Waals surface area (Å²) in [6.07, 6.45) is -0.265. The highest BCUT2D eigenvalue weighted by Crippen LogP contribution is 2.39. The highest BCUT2D eigenvalue weighted by Gasteiger charge is 2.45. The van der Waals surface area contributed by atoms with E-state index in [2.05, 4.69) is 0 Å². The minimum Gasteiger partial charge on any atom is -0.550 e. The Labute approximate surface area is 171 Å². The van der Waals surface area contributed by atoms with E-state index in [-0.39, 0.29) is 36.4 Å². The number of aliphatic hydroxyl groups is 1. The first-order chi connectivity index (χ1) is 14.3. The van der Waals surface area contributed by atoms with Crippen molar-refractivity contribution in [3.05, 3.63) is 81.4 Å². The molecule has 0 bridgehead atoms. The van der Waals surface area contributed by atoms with Crippen molar-refractivity contribution in [2.45, 2.75) is 18.9 Å². The second-order valence-corrected chi connectivity index (χ2v) is 6.68. The van der Waals surface area contributed by atoms with Gasteiger partial charge in [0.05, 0.1) is 16.5 Å². The molecule has 1 amide bonds. The lowest BCUT2D eigenvalue weighted by molar-refractivity contribution is -0.384. The van der Waals surface area contributed by atoms with E-state index in [1.165, 1.54) is 29.2 Å². The fraction of sp³-hybridized carbons (Fsp3) is 0.190. The van der Waals surface area contributed by atoms with Gasteiger partial charge in [0.25, 0.3) is 17.4 Å². The van der Waals surface area contributed by atoms with E-state index in [9.17, 15) is 34.7 Å². The fourth-order valence-electron chi connectivity index (χ4n) is 3.38. The zero-order valence-corrected chi connectivity index (χ0v) is 15.7. The number of rotatable bonds is 7. The summed E-state index contributed by atoms with van der Waals surface area (Å²) in [6, 6.07) is 12.5. The molecule has 2 aromatic carbocycles. The maximum absolute atomic E-state index is 12.7. The molecule has 0 saturated carbocycles. The summed E-state index contributed by atoms with van der Waals surface area (Å²) in [4.78, 5) is 47.7. The molecule has 9 heteroatoms. The predicted octanol–water partition coefficient (Wildman–Crippen LogP) is 1.55. The van der Waals surface area contributed by atoms with Gasteiger partial charge in [-0.2, -0.15) is 0 Å². The Kier molecular flexibility index (Phi) is 5.91. The number of benzene rings is 2. The van der Waals surface area contributed by atoms with Crippen molar-refractivity contribution >= 4 is 29.1 Å². The van der Waals surface area contributed by atoms with Crippen molar-refractivity contribution in [3.63, 3.8) is 0 Å². The molecule has 154 valence electrons. The molecular formula is C21H17N2O7-. The SMILES string of the molecule is O=C([O-])CCCN1C(=O)C(=O)C(=C(O)c2ccccc2)[C@H]1c1ccc([N+](=O)[O-])cc1. The molecule has 30 heavy (non-hydrogen) atoms. The van der Waals surface area contributed by atoms with E-state index in [1.807, 2.05) is 0 Å². The quantitative estimate of drug-likeness (QED) is 0.240. The minimum absolute atomic E-state index is 0.0458. The number of hydrogen-bond donors (Lipinski definition) is 1. The van der Waals surface area contributed by atoms with Crippen molar-refractivity contribution < 1.29 is 29.5 Å². The zero-order valence-electron chi connectivity index (χ0n) is 15.7. The van der Waals surface area contributed by atoms with Crippen molar-refractivity contribution in [2.75, 3.05) is 6.54 Å². The molecule has 1 aliphatic rings. The number of aliphatic hydroxyl groups excluding tert-OH is 1. The number of Topliss-reactive ketones (excluding diaryl/α,β-unsaturated/α-hetero) is 1. The van der Waals surface area contributed by atoms with E-state index in [0.717, 1.165) is 0 Å². The van der Waals surface area contributed by atoms with Crippen LogP contribution in [0.1, 0.15) is 30.0 Å². The standard InChI is InChI=1S/C21H18N2O7/c24-16(25)7-4-12-22-18(13-8-10-15(11-9-13)23(29)30)17(20(27)21(22)28)19(26)14-5-2-1-3-6-14/h1-3,5-6,8-11,18,26H,4,7,12H2,(H,24,25)/p-1/t18-/m1/s1. The van der Waals surface area contributed by atoms with Gasteiger partial charge in [0.1, 0.15) is 5.76 Å². The monoisotopic (exact) mass is 409 g/mol. The van der Waals surface area contributed by atoms with Gasteiger partial charge >= 0.3 is 0 Å². The van der Waals surface area contributed by atoms with Gasteiger partial charge in [0.2, 0.25) is 0 Å². The molecule has 1 atom stereocenters. The number of carboxylic acid groups (broad SMARTS) is 1. The third-order valence-corrected chi connectivity index (χ3v) is 4.79. The number of amides is 1. The average molecular weight is 409 g/mol. The first-order valence-electron chi connectivity index (χ1n) is 9.09. The summed E-state index contributed by atoms with van der Waals surface area (Å²) >= 11 is 0. The molecular weight excluding hydrogens is 392 g/mol. The van der Waals surface area contributed by atoms with Crippen LogP contribution >= 0.6 is 0 Å². The first-order valence-corrected chi connectivity index (χ1v) is 9.09. The van der Waals surface area contributed by atoms with Crippen LogP contribution in [0.3, 0.4) is 0 Å². The van der Waals surface area contributed by atoms with E-state index < -0.39 is 28.6 Å². The lowest BCUT2D eigenvalue weighted by Crippen LogP contribution is -2.32. The van der Waals surface area contributed by atoms with E-state index in [1.54, 1.807) is 30.3 Å². The number of nitrogens with zero attached hydrogens (tertiary/aromatic N) is 2. The van der Waals surface area contributed by atoms with Crippen LogP contribution in [-0.2, 0) is 14.4 Å². The van der Waals surface area contributed by atoms with Crippen LogP contribution in [0, 0.1) is 10.1 Å². The molecule has 3 rings (SSSR count). The smallest absolute Gasteiger partial charge is 0.295 e. The minimum atomic E-state index is -1.29. The number of non-ortho nitro benzene ring substituents is 1. The number of ketones is 1. The molecule has 0 aliphatic carbocycles. The maximum Gasteiger partial charge on any atom is 0.295 e. The number of carboxylic acids is 1. The van der Waals surface area contributed by atoms with E-state index in [4.69, 9.17) is 0 Å². The van der Waals surface area contributed by atoms with Gasteiger partial charge in [-0.15, -0.1) is 0 Å². The van der Waals surface area contributed by atoms with Gasteiger partial charge in [-0.1, -0.05) is 30.3 Å². The molecule has 1 heterocycles. The van der Waals surface area contributed by atoms with Crippen LogP contribution in [0.25, 0.3) is 5.76 Å². The second-order valence-electron chi connectivity index (χ2n) is 6.68. The molecule has 0 aromatic heterocycles. The summed E-state index contributed by atoms with van der Waals surface area (Å²) in [7, 11) is 0. The number of nitro groups is 1. The van der Waals surface area contributed by atoms with Crippen LogP contribution in [-0.4, -0.2) is 39.1 Å². The van der Waals surface area contributed by atoms with Crippen LogP contribution < -0.4 is 5.11 Å². The Morgan fingerprint density at radius 3 is 2.27 bits per heavy atom. The van der Waals surface area contributed by atoms with E-state index in [0.29, 0.717) is 11.1 Å².